The molecule has 0 saturated heterocycles. The Morgan fingerprint density at radius 2 is 1.46 bits per heavy atom. The van der Waals surface area contributed by atoms with E-state index >= 15 is 0 Å². The van der Waals surface area contributed by atoms with E-state index in [0.717, 1.165) is 56.3 Å². The predicted octanol–water partition coefficient (Wildman–Crippen LogP) is 5.95. The molecule has 0 N–H and O–H groups in total. The molecule has 0 atom stereocenters. The minimum atomic E-state index is 0.0881. The molecule has 0 bridgehead atoms. The lowest BCUT2D eigenvalue weighted by Gasteiger charge is -2.37. The fourth-order valence-electron chi connectivity index (χ4n) is 5.79. The fourth-order valence-corrected chi connectivity index (χ4v) is 5.79. The van der Waals surface area contributed by atoms with E-state index in [2.05, 4.69) is 18.6 Å². The Morgan fingerprint density at radius 1 is 0.885 bits per heavy atom. The molecule has 26 heavy (non-hydrogen) atoms. The lowest BCUT2D eigenvalue weighted by molar-refractivity contribution is -0.157. The van der Waals surface area contributed by atoms with Crippen LogP contribution in [-0.4, -0.2) is 24.8 Å². The van der Waals surface area contributed by atoms with Crippen LogP contribution < -0.4 is 0 Å². The quantitative estimate of drug-likeness (QED) is 0.433. The summed E-state index contributed by atoms with van der Waals surface area (Å²) in [6.45, 7) is 5.96. The van der Waals surface area contributed by atoms with Crippen molar-refractivity contribution in [2.75, 3.05) is 0 Å². The van der Waals surface area contributed by atoms with Gasteiger partial charge in [-0.05, 0) is 88.7 Å². The van der Waals surface area contributed by atoms with Crippen molar-refractivity contribution < 1.29 is 9.53 Å². The molecule has 0 amide bonds. The summed E-state index contributed by atoms with van der Waals surface area (Å²) in [6, 6.07) is 0.382. The monoisotopic (exact) mass is 361 g/mol. The third kappa shape index (κ3) is 5.33. The fraction of sp³-hybridized carbons (Fsp3) is 0.913. The highest BCUT2D eigenvalue weighted by molar-refractivity contribution is 5.72. The number of hydrogen-bond donors (Lipinski definition) is 0. The maximum absolute atomic E-state index is 12.6. The van der Waals surface area contributed by atoms with Crippen LogP contribution in [0.4, 0.5) is 0 Å². The van der Waals surface area contributed by atoms with Gasteiger partial charge in [0.15, 0.2) is 0 Å². The van der Waals surface area contributed by atoms with Gasteiger partial charge in [0.05, 0.1) is 5.92 Å². The van der Waals surface area contributed by atoms with E-state index in [1.54, 1.807) is 0 Å². The average Bonchev–Trinajstić information content (AvgIpc) is 2.69. The molecule has 0 aromatic carbocycles. The maximum Gasteiger partial charge on any atom is 0.309 e. The molecule has 3 aliphatic rings. The van der Waals surface area contributed by atoms with Crippen molar-refractivity contribution in [2.24, 2.45) is 28.7 Å². The number of carbonyl (C=O) groups is 1. The number of carbonyl (C=O) groups excluding carboxylic acids is 1. The van der Waals surface area contributed by atoms with E-state index in [1.165, 1.54) is 51.4 Å². The summed E-state index contributed by atoms with van der Waals surface area (Å²) in [5, 5.41) is 0. The maximum atomic E-state index is 12.6. The van der Waals surface area contributed by atoms with E-state index in [4.69, 9.17) is 4.74 Å². The molecule has 3 fully saturated rings. The third-order valence-electron chi connectivity index (χ3n) is 7.54. The Bertz CT molecular complexity index is 439. The van der Waals surface area contributed by atoms with E-state index < -0.39 is 0 Å². The first-order valence-corrected chi connectivity index (χ1v) is 11.4. The zero-order valence-electron chi connectivity index (χ0n) is 16.8. The summed E-state index contributed by atoms with van der Waals surface area (Å²) < 4.78 is 5.84. The van der Waals surface area contributed by atoms with Crippen LogP contribution in [-0.2, 0) is 9.53 Å². The summed E-state index contributed by atoms with van der Waals surface area (Å²) in [6.07, 6.45) is 17.2. The number of aliphatic imine (C=N–C) groups is 1. The van der Waals surface area contributed by atoms with Gasteiger partial charge < -0.3 is 4.74 Å². The summed E-state index contributed by atoms with van der Waals surface area (Å²) in [7, 11) is 0. The zero-order valence-corrected chi connectivity index (χ0v) is 16.8. The van der Waals surface area contributed by atoms with Crippen molar-refractivity contribution in [1.29, 1.82) is 0 Å². The van der Waals surface area contributed by atoms with Gasteiger partial charge in [0.25, 0.3) is 0 Å². The van der Waals surface area contributed by atoms with Crippen molar-refractivity contribution in [2.45, 2.75) is 109 Å². The summed E-state index contributed by atoms with van der Waals surface area (Å²) in [4.78, 5) is 16.7. The normalized spacial score (nSPS) is 38.5. The van der Waals surface area contributed by atoms with Crippen molar-refractivity contribution >= 4 is 12.7 Å². The van der Waals surface area contributed by atoms with Gasteiger partial charge in [-0.15, -0.1) is 0 Å². The van der Waals surface area contributed by atoms with Crippen molar-refractivity contribution in [3.8, 4) is 0 Å². The molecular weight excluding hydrogens is 322 g/mol. The van der Waals surface area contributed by atoms with Gasteiger partial charge in [-0.25, -0.2) is 0 Å². The Labute approximate surface area is 160 Å². The second-order valence-electron chi connectivity index (χ2n) is 9.23. The average molecular weight is 362 g/mol. The van der Waals surface area contributed by atoms with Gasteiger partial charge in [0.2, 0.25) is 0 Å². The first kappa shape index (κ1) is 19.9. The van der Waals surface area contributed by atoms with Crippen LogP contribution in [0, 0.1) is 23.7 Å². The van der Waals surface area contributed by atoms with E-state index in [1.807, 2.05) is 0 Å². The van der Waals surface area contributed by atoms with Crippen LogP contribution in [0.3, 0.4) is 0 Å². The van der Waals surface area contributed by atoms with Crippen molar-refractivity contribution in [3.63, 3.8) is 0 Å². The van der Waals surface area contributed by atoms with Gasteiger partial charge in [0, 0.05) is 6.04 Å². The third-order valence-corrected chi connectivity index (χ3v) is 7.54. The molecule has 3 nitrogen and oxygen atoms in total. The Balaban J connectivity index is 1.36. The van der Waals surface area contributed by atoms with Gasteiger partial charge in [-0.3, -0.25) is 9.79 Å². The molecule has 0 aliphatic heterocycles. The lowest BCUT2D eigenvalue weighted by atomic mass is 9.69. The molecule has 3 aliphatic carbocycles. The first-order valence-electron chi connectivity index (χ1n) is 11.4. The molecule has 0 aromatic heterocycles. The number of hydrogen-bond acceptors (Lipinski definition) is 3. The molecule has 148 valence electrons. The van der Waals surface area contributed by atoms with Crippen molar-refractivity contribution in [3.05, 3.63) is 0 Å². The number of ether oxygens (including phenoxy) is 1. The van der Waals surface area contributed by atoms with E-state index in [9.17, 15) is 4.79 Å². The van der Waals surface area contributed by atoms with Crippen LogP contribution in [0.1, 0.15) is 96.8 Å². The molecule has 0 aromatic rings. The van der Waals surface area contributed by atoms with Crippen LogP contribution in [0.2, 0.25) is 0 Å². The minimum Gasteiger partial charge on any atom is -0.462 e. The van der Waals surface area contributed by atoms with Crippen LogP contribution >= 0.6 is 0 Å². The number of esters is 1. The largest absolute Gasteiger partial charge is 0.462 e. The smallest absolute Gasteiger partial charge is 0.309 e. The van der Waals surface area contributed by atoms with Gasteiger partial charge >= 0.3 is 5.97 Å². The highest BCUT2D eigenvalue weighted by Crippen LogP contribution is 2.42. The molecule has 3 rings (SSSR count). The minimum absolute atomic E-state index is 0.0881. The number of nitrogens with zero attached hydrogens (tertiary/aromatic N) is 1. The standard InChI is InChI=1S/C23H39NO2/c1-3-4-17-5-7-18(8-6-17)19-9-11-20(12-10-19)23(25)26-22-15-13-21(24-2)14-16-22/h17-22H,2-16H2,1H3. The van der Waals surface area contributed by atoms with Crippen LogP contribution in [0.5, 0.6) is 0 Å². The van der Waals surface area contributed by atoms with Gasteiger partial charge in [-0.2, -0.15) is 0 Å². The summed E-state index contributed by atoms with van der Waals surface area (Å²) in [5.74, 6) is 3.05. The van der Waals surface area contributed by atoms with Gasteiger partial charge in [-0.1, -0.05) is 32.6 Å². The molecule has 0 spiro atoms. The predicted molar refractivity (Wildman–Crippen MR) is 107 cm³/mol. The molecule has 0 unspecified atom stereocenters. The lowest BCUT2D eigenvalue weighted by Crippen LogP contribution is -2.32. The van der Waals surface area contributed by atoms with E-state index in [-0.39, 0.29) is 18.0 Å². The zero-order chi connectivity index (χ0) is 18.4. The Morgan fingerprint density at radius 3 is 2.00 bits per heavy atom. The molecule has 0 radical (unpaired) electrons. The van der Waals surface area contributed by atoms with E-state index in [0.29, 0.717) is 6.04 Å². The van der Waals surface area contributed by atoms with Crippen LogP contribution in [0.25, 0.3) is 0 Å². The first-order chi connectivity index (χ1) is 12.7. The Kier molecular flexibility index (Phi) is 7.57. The molecule has 3 heteroatoms. The molecule has 3 saturated carbocycles. The van der Waals surface area contributed by atoms with Gasteiger partial charge in [0.1, 0.15) is 6.10 Å². The highest BCUT2D eigenvalue weighted by atomic mass is 16.5. The molecule has 0 heterocycles. The number of rotatable bonds is 6. The van der Waals surface area contributed by atoms with Crippen LogP contribution in [0.15, 0.2) is 4.99 Å². The Hall–Kier alpha value is -0.860. The SMILES string of the molecule is C=NC1CCC(OC(=O)C2CCC(C3CCC(CCC)CC3)CC2)CC1. The summed E-state index contributed by atoms with van der Waals surface area (Å²) >= 11 is 0. The molecular formula is C23H39NO2. The second-order valence-corrected chi connectivity index (χ2v) is 9.23. The topological polar surface area (TPSA) is 38.7 Å². The van der Waals surface area contributed by atoms with Crippen molar-refractivity contribution in [1.82, 2.24) is 0 Å². The second kappa shape index (κ2) is 9.90. The summed E-state index contributed by atoms with van der Waals surface area (Å²) in [5.41, 5.74) is 0. The highest BCUT2D eigenvalue weighted by Gasteiger charge is 2.34.